The fraction of sp³-hybridized carbons (Fsp3) is 0.417. The van der Waals surface area contributed by atoms with Gasteiger partial charge in [-0.15, -0.1) is 0 Å². The van der Waals surface area contributed by atoms with Gasteiger partial charge in [-0.05, 0) is 30.9 Å². The molecule has 0 aromatic heterocycles. The predicted molar refractivity (Wildman–Crippen MR) is 55.8 cm³/mol. The minimum absolute atomic E-state index is 0.0849. The van der Waals surface area contributed by atoms with Crippen LogP contribution in [0.3, 0.4) is 0 Å². The van der Waals surface area contributed by atoms with E-state index in [1.54, 1.807) is 0 Å². The summed E-state index contributed by atoms with van der Waals surface area (Å²) in [5.41, 5.74) is 5.09. The van der Waals surface area contributed by atoms with E-state index in [0.29, 0.717) is 12.8 Å². The Morgan fingerprint density at radius 1 is 1.38 bits per heavy atom. The molecular weight excluding hydrogens is 212 g/mol. The van der Waals surface area contributed by atoms with Crippen molar-refractivity contribution in [3.05, 3.63) is 35.4 Å². The summed E-state index contributed by atoms with van der Waals surface area (Å²) >= 11 is 0. The Hall–Kier alpha value is -1.29. The summed E-state index contributed by atoms with van der Waals surface area (Å²) in [6.45, 7) is 0. The fourth-order valence-corrected chi connectivity index (χ4v) is 1.87. The normalized spacial score (nSPS) is 17.9. The van der Waals surface area contributed by atoms with Gasteiger partial charge in [-0.3, -0.25) is 4.79 Å². The lowest BCUT2D eigenvalue weighted by molar-refractivity contribution is -0.126. The molecule has 4 heteroatoms. The molecular formula is C12H13F2NO. The van der Waals surface area contributed by atoms with E-state index in [2.05, 4.69) is 0 Å². The highest BCUT2D eigenvalue weighted by Crippen LogP contribution is 2.31. The fourth-order valence-electron chi connectivity index (χ4n) is 1.87. The number of ketones is 1. The van der Waals surface area contributed by atoms with Crippen LogP contribution in [0.2, 0.25) is 0 Å². The van der Waals surface area contributed by atoms with Crippen LogP contribution >= 0.6 is 0 Å². The summed E-state index contributed by atoms with van der Waals surface area (Å²) in [6, 6.07) is 3.84. The van der Waals surface area contributed by atoms with E-state index in [0.717, 1.165) is 12.5 Å². The number of benzene rings is 1. The van der Waals surface area contributed by atoms with Crippen molar-refractivity contribution in [2.45, 2.75) is 31.2 Å². The first-order valence-electron chi connectivity index (χ1n) is 5.28. The maximum Gasteiger partial charge on any atom is 0.162 e. The predicted octanol–water partition coefficient (Wildman–Crippen LogP) is 1.96. The summed E-state index contributed by atoms with van der Waals surface area (Å²) in [4.78, 5) is 11.8. The number of hydrogen-bond donors (Lipinski definition) is 1. The zero-order valence-corrected chi connectivity index (χ0v) is 8.80. The topological polar surface area (TPSA) is 43.1 Å². The Labute approximate surface area is 92.4 Å². The van der Waals surface area contributed by atoms with Crippen LogP contribution in [0.4, 0.5) is 8.78 Å². The van der Waals surface area contributed by atoms with E-state index in [1.807, 2.05) is 0 Å². The second kappa shape index (κ2) is 3.94. The van der Waals surface area contributed by atoms with Crippen LogP contribution < -0.4 is 5.73 Å². The molecule has 0 saturated heterocycles. The lowest BCUT2D eigenvalue weighted by Gasteiger charge is -2.36. The van der Waals surface area contributed by atoms with Crippen LogP contribution in [0.15, 0.2) is 18.2 Å². The molecule has 0 amide bonds. The Bertz CT molecular complexity index is 427. The molecule has 0 atom stereocenters. The Morgan fingerprint density at radius 2 is 2.06 bits per heavy atom. The van der Waals surface area contributed by atoms with Crippen molar-refractivity contribution in [2.24, 2.45) is 5.73 Å². The highest BCUT2D eigenvalue weighted by atomic mass is 19.2. The van der Waals surface area contributed by atoms with E-state index in [4.69, 9.17) is 5.73 Å². The van der Waals surface area contributed by atoms with Crippen LogP contribution in [0.5, 0.6) is 0 Å². The second-order valence-corrected chi connectivity index (χ2v) is 4.32. The van der Waals surface area contributed by atoms with Gasteiger partial charge in [0.25, 0.3) is 0 Å². The minimum Gasteiger partial charge on any atom is -0.319 e. The molecule has 1 aromatic carbocycles. The van der Waals surface area contributed by atoms with Gasteiger partial charge in [0.05, 0.1) is 5.54 Å². The molecule has 2 N–H and O–H groups in total. The van der Waals surface area contributed by atoms with Crippen LogP contribution in [-0.2, 0) is 11.2 Å². The van der Waals surface area contributed by atoms with Crippen LogP contribution in [0, 0.1) is 11.6 Å². The maximum atomic E-state index is 13.3. The summed E-state index contributed by atoms with van der Waals surface area (Å²) < 4.78 is 26.2. The summed E-state index contributed by atoms with van der Waals surface area (Å²) in [6.07, 6.45) is 2.08. The molecule has 16 heavy (non-hydrogen) atoms. The van der Waals surface area contributed by atoms with Gasteiger partial charge >= 0.3 is 0 Å². The van der Waals surface area contributed by atoms with Crippen LogP contribution in [-0.4, -0.2) is 11.3 Å². The number of carbonyl (C=O) groups excluding carboxylic acids is 1. The summed E-state index contributed by atoms with van der Waals surface area (Å²) in [5.74, 6) is -2.08. The molecule has 1 saturated carbocycles. The molecule has 2 rings (SSSR count). The lowest BCUT2D eigenvalue weighted by atomic mass is 9.73. The van der Waals surface area contributed by atoms with E-state index in [9.17, 15) is 13.6 Å². The standard InChI is InChI=1S/C12H13F2NO/c13-9-4-1-3-8(11(9)14)7-10(16)12(15)5-2-6-12/h1,3-4H,2,5-7,15H2. The number of Topliss-reactive ketones (excluding diaryl/α,β-unsaturated/α-hetero) is 1. The van der Waals surface area contributed by atoms with Crippen molar-refractivity contribution in [3.63, 3.8) is 0 Å². The average Bonchev–Trinajstić information content (AvgIpc) is 2.21. The van der Waals surface area contributed by atoms with Crippen molar-refractivity contribution < 1.29 is 13.6 Å². The molecule has 0 bridgehead atoms. The van der Waals surface area contributed by atoms with Crippen molar-refractivity contribution in [2.75, 3.05) is 0 Å². The lowest BCUT2D eigenvalue weighted by Crippen LogP contribution is -2.54. The van der Waals surface area contributed by atoms with Gasteiger partial charge in [-0.2, -0.15) is 0 Å². The molecule has 86 valence electrons. The third-order valence-electron chi connectivity index (χ3n) is 3.18. The first-order chi connectivity index (χ1) is 7.53. The molecule has 1 aromatic rings. The third kappa shape index (κ3) is 1.85. The molecule has 0 unspecified atom stereocenters. The highest BCUT2D eigenvalue weighted by Gasteiger charge is 2.39. The van der Waals surface area contributed by atoms with Gasteiger partial charge in [0.1, 0.15) is 0 Å². The monoisotopic (exact) mass is 225 g/mol. The largest absolute Gasteiger partial charge is 0.319 e. The molecule has 0 spiro atoms. The van der Waals surface area contributed by atoms with E-state index in [-0.39, 0.29) is 17.8 Å². The quantitative estimate of drug-likeness (QED) is 0.854. The van der Waals surface area contributed by atoms with Crippen molar-refractivity contribution >= 4 is 5.78 Å². The van der Waals surface area contributed by atoms with Gasteiger partial charge in [0.2, 0.25) is 0 Å². The molecule has 1 aliphatic rings. The SMILES string of the molecule is NC1(C(=O)Cc2cccc(F)c2F)CCC1. The van der Waals surface area contributed by atoms with E-state index >= 15 is 0 Å². The number of hydrogen-bond acceptors (Lipinski definition) is 2. The average molecular weight is 225 g/mol. The maximum absolute atomic E-state index is 13.3. The van der Waals surface area contributed by atoms with Gasteiger partial charge in [-0.1, -0.05) is 12.1 Å². The van der Waals surface area contributed by atoms with Crippen LogP contribution in [0.1, 0.15) is 24.8 Å². The Balaban J connectivity index is 2.15. The van der Waals surface area contributed by atoms with Crippen molar-refractivity contribution in [1.29, 1.82) is 0 Å². The summed E-state index contributed by atoms with van der Waals surface area (Å²) in [5, 5.41) is 0. The first-order valence-corrected chi connectivity index (χ1v) is 5.28. The molecule has 2 nitrogen and oxygen atoms in total. The molecule has 1 fully saturated rings. The minimum atomic E-state index is -0.946. The number of rotatable bonds is 3. The third-order valence-corrected chi connectivity index (χ3v) is 3.18. The highest BCUT2D eigenvalue weighted by molar-refractivity contribution is 5.90. The van der Waals surface area contributed by atoms with Gasteiger partial charge < -0.3 is 5.73 Å². The Morgan fingerprint density at radius 3 is 2.62 bits per heavy atom. The van der Waals surface area contributed by atoms with Gasteiger partial charge in [0, 0.05) is 6.42 Å². The van der Waals surface area contributed by atoms with E-state index in [1.165, 1.54) is 12.1 Å². The van der Waals surface area contributed by atoms with Crippen molar-refractivity contribution in [3.8, 4) is 0 Å². The Kier molecular flexibility index (Phi) is 2.76. The first kappa shape index (κ1) is 11.2. The number of nitrogens with two attached hydrogens (primary N) is 1. The zero-order valence-electron chi connectivity index (χ0n) is 8.80. The molecule has 0 heterocycles. The molecule has 1 aliphatic carbocycles. The summed E-state index contributed by atoms with van der Waals surface area (Å²) in [7, 11) is 0. The van der Waals surface area contributed by atoms with Gasteiger partial charge in [-0.25, -0.2) is 8.78 Å². The smallest absolute Gasteiger partial charge is 0.162 e. The number of halogens is 2. The van der Waals surface area contributed by atoms with Crippen molar-refractivity contribution in [1.82, 2.24) is 0 Å². The number of carbonyl (C=O) groups is 1. The molecule has 0 aliphatic heterocycles. The van der Waals surface area contributed by atoms with Gasteiger partial charge in [0.15, 0.2) is 17.4 Å². The second-order valence-electron chi connectivity index (χ2n) is 4.32. The zero-order chi connectivity index (χ0) is 11.8. The van der Waals surface area contributed by atoms with E-state index < -0.39 is 17.2 Å². The van der Waals surface area contributed by atoms with Crippen LogP contribution in [0.25, 0.3) is 0 Å². The molecule has 0 radical (unpaired) electrons.